The minimum atomic E-state index is -0.358. The van der Waals surface area contributed by atoms with Crippen molar-refractivity contribution in [1.29, 1.82) is 0 Å². The number of rotatable bonds is 5. The molecule has 0 radical (unpaired) electrons. The van der Waals surface area contributed by atoms with Gasteiger partial charge in [0, 0.05) is 35.2 Å². The van der Waals surface area contributed by atoms with E-state index < -0.39 is 0 Å². The van der Waals surface area contributed by atoms with Gasteiger partial charge in [0.25, 0.3) is 0 Å². The number of hydrogen-bond acceptors (Lipinski definition) is 3. The van der Waals surface area contributed by atoms with Gasteiger partial charge in [-0.3, -0.25) is 9.78 Å². The molecule has 1 unspecified atom stereocenters. The quantitative estimate of drug-likeness (QED) is 0.914. The predicted molar refractivity (Wildman–Crippen MR) is 92.0 cm³/mol. The molecule has 2 aromatic rings. The summed E-state index contributed by atoms with van der Waals surface area (Å²) >= 11 is 0. The molecule has 0 saturated carbocycles. The van der Waals surface area contributed by atoms with Crippen LogP contribution >= 0.6 is 0 Å². The van der Waals surface area contributed by atoms with Crippen molar-refractivity contribution in [1.82, 2.24) is 10.3 Å². The van der Waals surface area contributed by atoms with Gasteiger partial charge in [0.1, 0.15) is 0 Å². The first kappa shape index (κ1) is 16.6. The molecule has 2 rings (SSSR count). The third-order valence-corrected chi connectivity index (χ3v) is 3.69. The largest absolute Gasteiger partial charge is 0.305 e. The van der Waals surface area contributed by atoms with Gasteiger partial charge < -0.3 is 5.32 Å². The van der Waals surface area contributed by atoms with Gasteiger partial charge in [0.15, 0.2) is 5.78 Å². The summed E-state index contributed by atoms with van der Waals surface area (Å²) in [6, 6.07) is 10.3. The Bertz CT molecular complexity index is 656. The molecule has 0 aliphatic rings. The topological polar surface area (TPSA) is 42.0 Å². The van der Waals surface area contributed by atoms with E-state index in [1.807, 2.05) is 39.1 Å². The number of nitrogens with zero attached hydrogens (tertiary/aromatic N) is 1. The zero-order valence-corrected chi connectivity index (χ0v) is 14.2. The number of aromatic nitrogens is 1. The van der Waals surface area contributed by atoms with Gasteiger partial charge in [0.2, 0.25) is 0 Å². The van der Waals surface area contributed by atoms with Crippen LogP contribution in [-0.4, -0.2) is 22.9 Å². The van der Waals surface area contributed by atoms with Crippen LogP contribution in [0.2, 0.25) is 0 Å². The molecule has 1 aromatic carbocycles. The lowest BCUT2D eigenvalue weighted by Crippen LogP contribution is -2.47. The maximum atomic E-state index is 12.7. The van der Waals surface area contributed by atoms with E-state index >= 15 is 0 Å². The molecular weight excluding hydrogens is 272 g/mol. The van der Waals surface area contributed by atoms with Crippen molar-refractivity contribution in [3.63, 3.8) is 0 Å². The van der Waals surface area contributed by atoms with Crippen molar-refractivity contribution in [2.24, 2.45) is 5.41 Å². The average molecular weight is 298 g/mol. The average Bonchev–Trinajstić information content (AvgIpc) is 2.44. The number of nitrogens with one attached hydrogen (secondary N) is 1. The Labute approximate surface area is 133 Å². The minimum absolute atomic E-state index is 0.200. The van der Waals surface area contributed by atoms with Crippen LogP contribution in [0.25, 0.3) is 10.8 Å². The van der Waals surface area contributed by atoms with E-state index in [4.69, 9.17) is 0 Å². The third kappa shape index (κ3) is 4.14. The molecular formula is C19H26N2O. The van der Waals surface area contributed by atoms with Crippen molar-refractivity contribution in [3.8, 4) is 0 Å². The van der Waals surface area contributed by atoms with Crippen LogP contribution in [0.5, 0.6) is 0 Å². The lowest BCUT2D eigenvalue weighted by atomic mass is 9.84. The van der Waals surface area contributed by atoms with Crippen LogP contribution in [0, 0.1) is 5.41 Å². The van der Waals surface area contributed by atoms with Crippen molar-refractivity contribution in [2.75, 3.05) is 0 Å². The van der Waals surface area contributed by atoms with E-state index in [-0.39, 0.29) is 23.3 Å². The number of fused-ring (bicyclic) bond motifs is 1. The second-order valence-electron chi connectivity index (χ2n) is 7.22. The van der Waals surface area contributed by atoms with Gasteiger partial charge in [0.05, 0.1) is 6.04 Å². The standard InChI is InChI=1S/C19H26N2O/c1-13(2)21-17(18(22)19(3,4)5)11-16-10-14-8-6-7-9-15(14)12-20-16/h6-10,12-13,17,21H,11H2,1-5H3. The summed E-state index contributed by atoms with van der Waals surface area (Å²) in [5.41, 5.74) is 0.595. The molecule has 1 aromatic heterocycles. The minimum Gasteiger partial charge on any atom is -0.305 e. The van der Waals surface area contributed by atoms with E-state index in [1.165, 1.54) is 5.39 Å². The molecule has 22 heavy (non-hydrogen) atoms. The normalized spacial score (nSPS) is 13.5. The fraction of sp³-hybridized carbons (Fsp3) is 0.474. The molecule has 1 atom stereocenters. The maximum absolute atomic E-state index is 12.7. The van der Waals surface area contributed by atoms with Crippen LogP contribution < -0.4 is 5.32 Å². The first-order chi connectivity index (χ1) is 10.3. The van der Waals surface area contributed by atoms with Crippen LogP contribution in [0.4, 0.5) is 0 Å². The first-order valence-corrected chi connectivity index (χ1v) is 7.91. The molecule has 0 amide bonds. The number of carbonyl (C=O) groups is 1. The summed E-state index contributed by atoms with van der Waals surface area (Å²) in [5, 5.41) is 5.69. The summed E-state index contributed by atoms with van der Waals surface area (Å²) in [6.07, 6.45) is 2.51. The molecule has 118 valence electrons. The summed E-state index contributed by atoms with van der Waals surface area (Å²) in [5.74, 6) is 0.233. The van der Waals surface area contributed by atoms with E-state index in [2.05, 4.69) is 42.3 Å². The zero-order valence-electron chi connectivity index (χ0n) is 14.2. The van der Waals surface area contributed by atoms with Gasteiger partial charge in [-0.2, -0.15) is 0 Å². The Kier molecular flexibility index (Phi) is 4.97. The summed E-state index contributed by atoms with van der Waals surface area (Å²) in [7, 11) is 0. The Morgan fingerprint density at radius 2 is 1.82 bits per heavy atom. The second kappa shape index (κ2) is 6.57. The fourth-order valence-corrected chi connectivity index (χ4v) is 2.60. The number of hydrogen-bond donors (Lipinski definition) is 1. The third-order valence-electron chi connectivity index (χ3n) is 3.69. The van der Waals surface area contributed by atoms with Crippen molar-refractivity contribution >= 4 is 16.6 Å². The molecule has 0 spiro atoms. The van der Waals surface area contributed by atoms with Crippen molar-refractivity contribution in [2.45, 2.75) is 53.1 Å². The highest BCUT2D eigenvalue weighted by Gasteiger charge is 2.30. The lowest BCUT2D eigenvalue weighted by molar-refractivity contribution is -0.128. The fourth-order valence-electron chi connectivity index (χ4n) is 2.60. The Morgan fingerprint density at radius 1 is 1.18 bits per heavy atom. The molecule has 3 heteroatoms. The van der Waals surface area contributed by atoms with Crippen LogP contribution in [0.15, 0.2) is 36.5 Å². The Morgan fingerprint density at radius 3 is 2.41 bits per heavy atom. The number of pyridine rings is 1. The number of carbonyl (C=O) groups excluding carboxylic acids is 1. The van der Waals surface area contributed by atoms with Crippen LogP contribution in [0.1, 0.15) is 40.3 Å². The SMILES string of the molecule is CC(C)NC(Cc1cc2ccccc2cn1)C(=O)C(C)(C)C. The monoisotopic (exact) mass is 298 g/mol. The molecule has 0 bridgehead atoms. The van der Waals surface area contributed by atoms with Crippen LogP contribution in [-0.2, 0) is 11.2 Å². The lowest BCUT2D eigenvalue weighted by Gasteiger charge is -2.27. The molecule has 1 heterocycles. The molecule has 1 N–H and O–H groups in total. The van der Waals surface area contributed by atoms with E-state index in [1.54, 1.807) is 0 Å². The molecule has 0 aliphatic carbocycles. The maximum Gasteiger partial charge on any atom is 0.155 e. The van der Waals surface area contributed by atoms with Crippen molar-refractivity contribution in [3.05, 3.63) is 42.2 Å². The summed E-state index contributed by atoms with van der Waals surface area (Å²) in [6.45, 7) is 10.0. The summed E-state index contributed by atoms with van der Waals surface area (Å²) < 4.78 is 0. The Balaban J connectivity index is 2.26. The van der Waals surface area contributed by atoms with Gasteiger partial charge in [-0.25, -0.2) is 0 Å². The Hall–Kier alpha value is -1.74. The molecule has 0 saturated heterocycles. The highest BCUT2D eigenvalue weighted by atomic mass is 16.1. The highest BCUT2D eigenvalue weighted by Crippen LogP contribution is 2.20. The van der Waals surface area contributed by atoms with Crippen molar-refractivity contribution < 1.29 is 4.79 Å². The molecule has 3 nitrogen and oxygen atoms in total. The molecule has 0 aliphatic heterocycles. The van der Waals surface area contributed by atoms with E-state index in [9.17, 15) is 4.79 Å². The highest BCUT2D eigenvalue weighted by molar-refractivity contribution is 5.89. The van der Waals surface area contributed by atoms with Gasteiger partial charge in [-0.05, 0) is 11.5 Å². The zero-order chi connectivity index (χ0) is 16.3. The van der Waals surface area contributed by atoms with Gasteiger partial charge >= 0.3 is 0 Å². The number of benzene rings is 1. The first-order valence-electron chi connectivity index (χ1n) is 7.91. The molecule has 0 fully saturated rings. The van der Waals surface area contributed by atoms with Gasteiger partial charge in [-0.1, -0.05) is 58.9 Å². The smallest absolute Gasteiger partial charge is 0.155 e. The van der Waals surface area contributed by atoms with Gasteiger partial charge in [-0.15, -0.1) is 0 Å². The number of ketones is 1. The number of Topliss-reactive ketones (excluding diaryl/α,β-unsaturated/α-hetero) is 1. The second-order valence-corrected chi connectivity index (χ2v) is 7.22. The van der Waals surface area contributed by atoms with Crippen LogP contribution in [0.3, 0.4) is 0 Å². The van der Waals surface area contributed by atoms with E-state index in [0.717, 1.165) is 11.1 Å². The summed E-state index contributed by atoms with van der Waals surface area (Å²) in [4.78, 5) is 17.2. The predicted octanol–water partition coefficient (Wildman–Crippen LogP) is 3.76. The van der Waals surface area contributed by atoms with E-state index in [0.29, 0.717) is 6.42 Å².